The Morgan fingerprint density at radius 1 is 1.44 bits per heavy atom. The van der Waals surface area contributed by atoms with E-state index in [4.69, 9.17) is 10.2 Å². The van der Waals surface area contributed by atoms with Gasteiger partial charge in [0.05, 0.1) is 6.61 Å². The number of aliphatic hydroxyl groups is 1. The Labute approximate surface area is 90.0 Å². The van der Waals surface area contributed by atoms with Crippen LogP contribution in [0.4, 0.5) is 0 Å². The molecule has 0 aliphatic rings. The zero-order chi connectivity index (χ0) is 11.5. The van der Waals surface area contributed by atoms with Crippen molar-refractivity contribution in [2.24, 2.45) is 0 Å². The molecule has 16 heavy (non-hydrogen) atoms. The summed E-state index contributed by atoms with van der Waals surface area (Å²) in [6.45, 7) is -0.467. The first-order valence-electron chi connectivity index (χ1n) is 4.44. The van der Waals surface area contributed by atoms with Crippen LogP contribution in [-0.4, -0.2) is 36.2 Å². The predicted octanol–water partition coefficient (Wildman–Crippen LogP) is -0.147. The SMILES string of the molecule is O=C(O)c1nnn(-c2ccccn2)c1CO. The van der Waals surface area contributed by atoms with E-state index in [0.717, 1.165) is 0 Å². The molecule has 0 fully saturated rings. The average molecular weight is 220 g/mol. The molecule has 82 valence electrons. The van der Waals surface area contributed by atoms with Crippen molar-refractivity contribution in [1.29, 1.82) is 0 Å². The third kappa shape index (κ3) is 1.63. The van der Waals surface area contributed by atoms with E-state index in [1.807, 2.05) is 0 Å². The van der Waals surface area contributed by atoms with Crippen LogP contribution in [0.5, 0.6) is 0 Å². The van der Waals surface area contributed by atoms with Gasteiger partial charge in [0.15, 0.2) is 11.5 Å². The van der Waals surface area contributed by atoms with Crippen LogP contribution in [0, 0.1) is 0 Å². The highest BCUT2D eigenvalue weighted by atomic mass is 16.4. The molecule has 0 atom stereocenters. The molecule has 0 unspecified atom stereocenters. The number of aromatic nitrogens is 4. The van der Waals surface area contributed by atoms with Gasteiger partial charge in [-0.1, -0.05) is 11.3 Å². The van der Waals surface area contributed by atoms with E-state index in [0.29, 0.717) is 5.82 Å². The Morgan fingerprint density at radius 3 is 2.81 bits per heavy atom. The van der Waals surface area contributed by atoms with E-state index >= 15 is 0 Å². The molecule has 2 rings (SSSR count). The zero-order valence-electron chi connectivity index (χ0n) is 8.11. The van der Waals surface area contributed by atoms with Gasteiger partial charge in [-0.15, -0.1) is 5.10 Å². The van der Waals surface area contributed by atoms with Gasteiger partial charge in [0, 0.05) is 6.20 Å². The second-order valence-corrected chi connectivity index (χ2v) is 2.95. The minimum Gasteiger partial charge on any atom is -0.476 e. The molecule has 0 spiro atoms. The van der Waals surface area contributed by atoms with Gasteiger partial charge in [-0.05, 0) is 12.1 Å². The maximum atomic E-state index is 10.8. The largest absolute Gasteiger partial charge is 0.476 e. The molecule has 2 N–H and O–H groups in total. The number of carboxylic acids is 1. The molecule has 0 aromatic carbocycles. The van der Waals surface area contributed by atoms with Crippen LogP contribution < -0.4 is 0 Å². The van der Waals surface area contributed by atoms with Crippen molar-refractivity contribution < 1.29 is 15.0 Å². The van der Waals surface area contributed by atoms with Crippen molar-refractivity contribution in [3.63, 3.8) is 0 Å². The van der Waals surface area contributed by atoms with Crippen LogP contribution in [-0.2, 0) is 6.61 Å². The lowest BCUT2D eigenvalue weighted by Crippen LogP contribution is -2.07. The van der Waals surface area contributed by atoms with Crippen molar-refractivity contribution in [2.45, 2.75) is 6.61 Å². The van der Waals surface area contributed by atoms with Gasteiger partial charge in [-0.2, -0.15) is 4.68 Å². The van der Waals surface area contributed by atoms with Crippen molar-refractivity contribution in [2.75, 3.05) is 0 Å². The molecule has 0 bridgehead atoms. The smallest absolute Gasteiger partial charge is 0.358 e. The van der Waals surface area contributed by atoms with Crippen molar-refractivity contribution in [1.82, 2.24) is 20.0 Å². The fourth-order valence-corrected chi connectivity index (χ4v) is 1.27. The van der Waals surface area contributed by atoms with Gasteiger partial charge in [0.1, 0.15) is 5.69 Å². The minimum atomic E-state index is -1.23. The summed E-state index contributed by atoms with van der Waals surface area (Å²) < 4.78 is 1.20. The molecule has 0 aliphatic carbocycles. The molecule has 0 radical (unpaired) electrons. The number of aliphatic hydroxyl groups excluding tert-OH is 1. The third-order valence-electron chi connectivity index (χ3n) is 1.98. The third-order valence-corrected chi connectivity index (χ3v) is 1.98. The number of aromatic carboxylic acids is 1. The molecule has 0 saturated carbocycles. The molecule has 7 nitrogen and oxygen atoms in total. The van der Waals surface area contributed by atoms with Gasteiger partial charge in [0.25, 0.3) is 0 Å². The maximum absolute atomic E-state index is 10.8. The molecule has 2 aromatic rings. The number of carboxylic acid groups (broad SMARTS) is 1. The summed E-state index contributed by atoms with van der Waals surface area (Å²) in [5.74, 6) is -0.821. The van der Waals surface area contributed by atoms with Gasteiger partial charge in [-0.3, -0.25) is 0 Å². The van der Waals surface area contributed by atoms with Crippen LogP contribution in [0.3, 0.4) is 0 Å². The first-order valence-corrected chi connectivity index (χ1v) is 4.44. The van der Waals surface area contributed by atoms with Crippen LogP contribution >= 0.6 is 0 Å². The summed E-state index contributed by atoms with van der Waals surface area (Å²) in [5, 5.41) is 25.0. The quantitative estimate of drug-likeness (QED) is 0.746. The van der Waals surface area contributed by atoms with Crippen LogP contribution in [0.25, 0.3) is 5.82 Å². The molecule has 2 heterocycles. The predicted molar refractivity (Wildman–Crippen MR) is 52.0 cm³/mol. The van der Waals surface area contributed by atoms with E-state index in [1.54, 1.807) is 24.4 Å². The monoisotopic (exact) mass is 220 g/mol. The van der Waals surface area contributed by atoms with Crippen LogP contribution in [0.15, 0.2) is 24.4 Å². The fourth-order valence-electron chi connectivity index (χ4n) is 1.27. The van der Waals surface area contributed by atoms with Gasteiger partial charge in [0.2, 0.25) is 0 Å². The summed E-state index contributed by atoms with van der Waals surface area (Å²) in [4.78, 5) is 14.8. The minimum absolute atomic E-state index is 0.103. The van der Waals surface area contributed by atoms with E-state index in [1.165, 1.54) is 4.68 Å². The second-order valence-electron chi connectivity index (χ2n) is 2.95. The molecule has 2 aromatic heterocycles. The Kier molecular flexibility index (Phi) is 2.61. The lowest BCUT2D eigenvalue weighted by molar-refractivity contribution is 0.0686. The van der Waals surface area contributed by atoms with E-state index in [2.05, 4.69) is 15.3 Å². The zero-order valence-corrected chi connectivity index (χ0v) is 8.11. The lowest BCUT2D eigenvalue weighted by Gasteiger charge is -2.02. The highest BCUT2D eigenvalue weighted by Crippen LogP contribution is 2.10. The van der Waals surface area contributed by atoms with Crippen molar-refractivity contribution in [3.8, 4) is 5.82 Å². The van der Waals surface area contributed by atoms with Crippen molar-refractivity contribution >= 4 is 5.97 Å². The highest BCUT2D eigenvalue weighted by molar-refractivity contribution is 5.86. The van der Waals surface area contributed by atoms with E-state index in [-0.39, 0.29) is 11.4 Å². The van der Waals surface area contributed by atoms with Crippen LogP contribution in [0.1, 0.15) is 16.2 Å². The Bertz CT molecular complexity index is 509. The standard InChI is InChI=1S/C9H8N4O3/c14-5-6-8(9(15)16)11-12-13(6)7-3-1-2-4-10-7/h1-4,14H,5H2,(H,15,16). The molecule has 0 amide bonds. The Balaban J connectivity index is 2.54. The van der Waals surface area contributed by atoms with E-state index < -0.39 is 12.6 Å². The number of nitrogens with zero attached hydrogens (tertiary/aromatic N) is 4. The molecule has 7 heteroatoms. The van der Waals surface area contributed by atoms with E-state index in [9.17, 15) is 4.79 Å². The number of hydrogen-bond donors (Lipinski definition) is 2. The fraction of sp³-hybridized carbons (Fsp3) is 0.111. The van der Waals surface area contributed by atoms with Crippen molar-refractivity contribution in [3.05, 3.63) is 35.8 Å². The molecular formula is C9H8N4O3. The molecule has 0 aliphatic heterocycles. The van der Waals surface area contributed by atoms with Gasteiger partial charge in [-0.25, -0.2) is 9.78 Å². The van der Waals surface area contributed by atoms with Crippen LogP contribution in [0.2, 0.25) is 0 Å². The normalized spacial score (nSPS) is 10.3. The highest BCUT2D eigenvalue weighted by Gasteiger charge is 2.19. The second kappa shape index (κ2) is 4.07. The summed E-state index contributed by atoms with van der Waals surface area (Å²) in [6.07, 6.45) is 1.54. The summed E-state index contributed by atoms with van der Waals surface area (Å²) in [7, 11) is 0. The Hall–Kier alpha value is -2.28. The first kappa shape index (κ1) is 10.2. The maximum Gasteiger partial charge on any atom is 0.358 e. The topological polar surface area (TPSA) is 101 Å². The number of pyridine rings is 1. The molecule has 0 saturated heterocycles. The van der Waals surface area contributed by atoms with Gasteiger partial charge >= 0.3 is 5.97 Å². The first-order chi connectivity index (χ1) is 7.74. The molecular weight excluding hydrogens is 212 g/mol. The number of rotatable bonds is 3. The summed E-state index contributed by atoms with van der Waals surface area (Å²) >= 11 is 0. The summed E-state index contributed by atoms with van der Waals surface area (Å²) in [5.41, 5.74) is -0.167. The lowest BCUT2D eigenvalue weighted by atomic mass is 10.3. The summed E-state index contributed by atoms with van der Waals surface area (Å²) in [6, 6.07) is 5.09. The number of carbonyl (C=O) groups is 1. The number of hydrogen-bond acceptors (Lipinski definition) is 5. The average Bonchev–Trinajstić information content (AvgIpc) is 2.73. The van der Waals surface area contributed by atoms with Gasteiger partial charge < -0.3 is 10.2 Å². The Morgan fingerprint density at radius 2 is 2.25 bits per heavy atom.